The first-order valence-corrected chi connectivity index (χ1v) is 7.73. The van der Waals surface area contributed by atoms with Gasteiger partial charge in [0.2, 0.25) is 5.91 Å². The minimum absolute atomic E-state index is 0.168. The highest BCUT2D eigenvalue weighted by Crippen LogP contribution is 2.25. The number of thioether (sulfide) groups is 1. The van der Waals surface area contributed by atoms with Gasteiger partial charge in [0.1, 0.15) is 0 Å². The van der Waals surface area contributed by atoms with Crippen molar-refractivity contribution in [2.75, 3.05) is 17.4 Å². The lowest BCUT2D eigenvalue weighted by Gasteiger charge is -2.29. The molecule has 4 heteroatoms. The molecule has 0 aromatic heterocycles. The number of amides is 1. The van der Waals surface area contributed by atoms with Crippen molar-refractivity contribution in [1.82, 2.24) is 5.32 Å². The summed E-state index contributed by atoms with van der Waals surface area (Å²) in [5, 5.41) is 3.06. The van der Waals surface area contributed by atoms with Gasteiger partial charge < -0.3 is 5.32 Å². The van der Waals surface area contributed by atoms with Crippen molar-refractivity contribution in [3.05, 3.63) is 0 Å². The van der Waals surface area contributed by atoms with Gasteiger partial charge in [-0.2, -0.15) is 11.8 Å². The largest absolute Gasteiger partial charge is 0.350 e. The van der Waals surface area contributed by atoms with Crippen LogP contribution in [-0.4, -0.2) is 28.8 Å². The van der Waals surface area contributed by atoms with Gasteiger partial charge in [0.05, 0.1) is 5.54 Å². The van der Waals surface area contributed by atoms with Crippen LogP contribution >= 0.6 is 23.4 Å². The zero-order chi connectivity index (χ0) is 12.0. The van der Waals surface area contributed by atoms with Crippen LogP contribution in [0.3, 0.4) is 0 Å². The average Bonchev–Trinajstić information content (AvgIpc) is 2.30. The summed E-state index contributed by atoms with van der Waals surface area (Å²) < 4.78 is 0. The van der Waals surface area contributed by atoms with E-state index in [0.29, 0.717) is 18.2 Å². The molecule has 94 valence electrons. The second-order valence-electron chi connectivity index (χ2n) is 4.86. The Bertz CT molecular complexity index is 225. The maximum absolute atomic E-state index is 11.9. The van der Waals surface area contributed by atoms with Crippen molar-refractivity contribution in [2.45, 2.75) is 45.1 Å². The lowest BCUT2D eigenvalue weighted by atomic mass is 9.96. The smallest absolute Gasteiger partial charge is 0.220 e. The minimum Gasteiger partial charge on any atom is -0.350 e. The van der Waals surface area contributed by atoms with Crippen molar-refractivity contribution < 1.29 is 4.79 Å². The van der Waals surface area contributed by atoms with E-state index in [4.69, 9.17) is 11.6 Å². The molecule has 1 N–H and O–H groups in total. The third kappa shape index (κ3) is 4.54. The fourth-order valence-corrected chi connectivity index (χ4v) is 3.28. The third-order valence-electron chi connectivity index (χ3n) is 3.33. The summed E-state index contributed by atoms with van der Waals surface area (Å²) in [5.74, 6) is 3.65. The van der Waals surface area contributed by atoms with Crippen molar-refractivity contribution in [2.24, 2.45) is 5.92 Å². The van der Waals surface area contributed by atoms with Crippen molar-refractivity contribution >= 4 is 29.3 Å². The summed E-state index contributed by atoms with van der Waals surface area (Å²) in [5.41, 5.74) is -0.234. The Morgan fingerprint density at radius 2 is 2.12 bits per heavy atom. The van der Waals surface area contributed by atoms with Crippen molar-refractivity contribution in [3.63, 3.8) is 0 Å². The van der Waals surface area contributed by atoms with Crippen LogP contribution in [-0.2, 0) is 4.79 Å². The lowest BCUT2D eigenvalue weighted by molar-refractivity contribution is -0.123. The van der Waals surface area contributed by atoms with E-state index >= 15 is 0 Å². The zero-order valence-electron chi connectivity index (χ0n) is 10.2. The average molecular weight is 264 g/mol. The first-order chi connectivity index (χ1) is 7.59. The van der Waals surface area contributed by atoms with Gasteiger partial charge in [-0.25, -0.2) is 0 Å². The van der Waals surface area contributed by atoms with E-state index in [0.717, 1.165) is 6.42 Å². The number of halogens is 1. The molecule has 1 aliphatic rings. The number of carbonyl (C=O) groups is 1. The Balaban J connectivity index is 2.34. The fraction of sp³-hybridized carbons (Fsp3) is 0.917. The second-order valence-corrected chi connectivity index (χ2v) is 6.35. The van der Waals surface area contributed by atoms with Gasteiger partial charge in [-0.05, 0) is 43.6 Å². The van der Waals surface area contributed by atoms with Crippen molar-refractivity contribution in [1.29, 1.82) is 0 Å². The highest BCUT2D eigenvalue weighted by atomic mass is 35.5. The summed E-state index contributed by atoms with van der Waals surface area (Å²) in [7, 11) is 0. The summed E-state index contributed by atoms with van der Waals surface area (Å²) >= 11 is 7.87. The van der Waals surface area contributed by atoms with Crippen LogP contribution < -0.4 is 5.32 Å². The highest BCUT2D eigenvalue weighted by Gasteiger charge is 2.25. The summed E-state index contributed by atoms with van der Waals surface area (Å²) in [6.07, 6.45) is 3.92. The molecular formula is C12H22ClNOS. The van der Waals surface area contributed by atoms with Crippen LogP contribution in [0, 0.1) is 5.92 Å². The van der Waals surface area contributed by atoms with Gasteiger partial charge in [0.15, 0.2) is 0 Å². The molecule has 0 saturated carbocycles. The molecule has 1 atom stereocenters. The molecular weight excluding hydrogens is 242 g/mol. The summed E-state index contributed by atoms with van der Waals surface area (Å²) in [4.78, 5) is 11.9. The Hall–Kier alpha value is 0.110. The molecule has 0 aliphatic carbocycles. The predicted molar refractivity (Wildman–Crippen MR) is 72.2 cm³/mol. The molecule has 0 spiro atoms. The maximum Gasteiger partial charge on any atom is 0.220 e. The molecule has 0 aromatic rings. The van der Waals surface area contributed by atoms with Crippen LogP contribution in [0.4, 0.5) is 0 Å². The van der Waals surface area contributed by atoms with Crippen LogP contribution in [0.5, 0.6) is 0 Å². The molecule has 0 radical (unpaired) electrons. The van der Waals surface area contributed by atoms with E-state index in [1.165, 1.54) is 24.3 Å². The van der Waals surface area contributed by atoms with E-state index < -0.39 is 0 Å². The number of hydrogen-bond donors (Lipinski definition) is 1. The van der Waals surface area contributed by atoms with Crippen LogP contribution in [0.15, 0.2) is 0 Å². The van der Waals surface area contributed by atoms with Gasteiger partial charge in [-0.15, -0.1) is 11.6 Å². The molecule has 0 bridgehead atoms. The van der Waals surface area contributed by atoms with Gasteiger partial charge in [0, 0.05) is 12.3 Å². The zero-order valence-corrected chi connectivity index (χ0v) is 11.8. The van der Waals surface area contributed by atoms with E-state index in [2.05, 4.69) is 12.2 Å². The molecule has 1 amide bonds. The first kappa shape index (κ1) is 14.2. The molecule has 1 heterocycles. The van der Waals surface area contributed by atoms with Crippen LogP contribution in [0.25, 0.3) is 0 Å². The van der Waals surface area contributed by atoms with E-state index in [1.807, 2.05) is 18.7 Å². The Labute approximate surface area is 108 Å². The SMILES string of the molecule is CCC(C)(CCl)NC(=O)CC1CCSCC1. The van der Waals surface area contributed by atoms with E-state index in [-0.39, 0.29) is 11.4 Å². The predicted octanol–water partition coefficient (Wildman–Crippen LogP) is 3.04. The number of nitrogens with one attached hydrogen (secondary N) is 1. The normalized spacial score (nSPS) is 21.4. The maximum atomic E-state index is 11.9. The highest BCUT2D eigenvalue weighted by molar-refractivity contribution is 7.99. The Morgan fingerprint density at radius 1 is 1.50 bits per heavy atom. The van der Waals surface area contributed by atoms with E-state index in [9.17, 15) is 4.79 Å². The number of alkyl halides is 1. The first-order valence-electron chi connectivity index (χ1n) is 6.04. The quantitative estimate of drug-likeness (QED) is 0.773. The number of carbonyl (C=O) groups excluding carboxylic acids is 1. The molecule has 16 heavy (non-hydrogen) atoms. The molecule has 1 rings (SSSR count). The molecule has 1 unspecified atom stereocenters. The van der Waals surface area contributed by atoms with Gasteiger partial charge in [-0.1, -0.05) is 6.92 Å². The minimum atomic E-state index is -0.234. The van der Waals surface area contributed by atoms with Crippen LogP contribution in [0.2, 0.25) is 0 Å². The Kier molecular flexibility index (Phi) is 5.98. The summed E-state index contributed by atoms with van der Waals surface area (Å²) in [6.45, 7) is 4.06. The molecule has 1 aliphatic heterocycles. The molecule has 2 nitrogen and oxygen atoms in total. The van der Waals surface area contributed by atoms with E-state index in [1.54, 1.807) is 0 Å². The topological polar surface area (TPSA) is 29.1 Å². The number of rotatable bonds is 5. The van der Waals surface area contributed by atoms with Crippen LogP contribution in [0.1, 0.15) is 39.5 Å². The van der Waals surface area contributed by atoms with Gasteiger partial charge in [-0.3, -0.25) is 4.79 Å². The molecule has 1 saturated heterocycles. The number of hydrogen-bond acceptors (Lipinski definition) is 2. The monoisotopic (exact) mass is 263 g/mol. The third-order valence-corrected chi connectivity index (χ3v) is 4.97. The lowest BCUT2D eigenvalue weighted by Crippen LogP contribution is -2.47. The standard InChI is InChI=1S/C12H22ClNOS/c1-3-12(2,9-13)14-11(15)8-10-4-6-16-7-5-10/h10H,3-9H2,1-2H3,(H,14,15). The van der Waals surface area contributed by atoms with Gasteiger partial charge in [0.25, 0.3) is 0 Å². The van der Waals surface area contributed by atoms with Crippen molar-refractivity contribution in [3.8, 4) is 0 Å². The Morgan fingerprint density at radius 3 is 2.62 bits per heavy atom. The fourth-order valence-electron chi connectivity index (χ4n) is 1.82. The van der Waals surface area contributed by atoms with Gasteiger partial charge >= 0.3 is 0 Å². The molecule has 1 fully saturated rings. The molecule has 0 aromatic carbocycles. The second kappa shape index (κ2) is 6.75. The summed E-state index contributed by atoms with van der Waals surface area (Å²) in [6, 6.07) is 0.